The van der Waals surface area contributed by atoms with Crippen molar-refractivity contribution < 1.29 is 13.6 Å². The van der Waals surface area contributed by atoms with Crippen molar-refractivity contribution >= 4 is 5.91 Å². The van der Waals surface area contributed by atoms with E-state index < -0.39 is 17.6 Å². The van der Waals surface area contributed by atoms with Gasteiger partial charge in [0, 0.05) is 19.6 Å². The van der Waals surface area contributed by atoms with Gasteiger partial charge in [0.05, 0.1) is 5.92 Å². The standard InChI is InChI=1S/C19H22F2N2O/c1-14(16-7-8-17(20)18(21)13-16)19(24)23(12-10-22)11-9-15-5-3-2-4-6-15/h2-8,13-14H,9-12,22H2,1H3. The summed E-state index contributed by atoms with van der Waals surface area (Å²) in [6, 6.07) is 13.4. The zero-order valence-corrected chi connectivity index (χ0v) is 13.7. The maximum absolute atomic E-state index is 13.4. The Morgan fingerprint density at radius 1 is 1.08 bits per heavy atom. The van der Waals surface area contributed by atoms with Gasteiger partial charge in [-0.05, 0) is 36.6 Å². The lowest BCUT2D eigenvalue weighted by molar-refractivity contribution is -0.132. The predicted octanol–water partition coefficient (Wildman–Crippen LogP) is 3.10. The molecule has 0 aliphatic rings. The normalized spacial score (nSPS) is 12.0. The maximum Gasteiger partial charge on any atom is 0.229 e. The number of carbonyl (C=O) groups excluding carboxylic acids is 1. The van der Waals surface area contributed by atoms with Crippen molar-refractivity contribution in [3.63, 3.8) is 0 Å². The average Bonchev–Trinajstić information content (AvgIpc) is 2.60. The third-order valence-electron chi connectivity index (χ3n) is 4.04. The predicted molar refractivity (Wildman–Crippen MR) is 90.6 cm³/mol. The van der Waals surface area contributed by atoms with E-state index in [9.17, 15) is 13.6 Å². The summed E-state index contributed by atoms with van der Waals surface area (Å²) in [4.78, 5) is 14.4. The van der Waals surface area contributed by atoms with Crippen LogP contribution in [0.15, 0.2) is 48.5 Å². The molecule has 0 aromatic heterocycles. The van der Waals surface area contributed by atoms with E-state index in [-0.39, 0.29) is 5.91 Å². The molecule has 5 heteroatoms. The lowest BCUT2D eigenvalue weighted by Crippen LogP contribution is -2.39. The van der Waals surface area contributed by atoms with Crippen LogP contribution in [0.2, 0.25) is 0 Å². The molecule has 0 saturated carbocycles. The number of benzene rings is 2. The lowest BCUT2D eigenvalue weighted by Gasteiger charge is -2.25. The molecule has 3 nitrogen and oxygen atoms in total. The highest BCUT2D eigenvalue weighted by Crippen LogP contribution is 2.20. The van der Waals surface area contributed by atoms with Gasteiger partial charge in [-0.25, -0.2) is 8.78 Å². The number of nitrogens with zero attached hydrogens (tertiary/aromatic N) is 1. The van der Waals surface area contributed by atoms with Crippen molar-refractivity contribution in [2.75, 3.05) is 19.6 Å². The SMILES string of the molecule is CC(C(=O)N(CCN)CCc1ccccc1)c1ccc(F)c(F)c1. The van der Waals surface area contributed by atoms with Crippen molar-refractivity contribution in [3.05, 3.63) is 71.3 Å². The molecule has 0 aliphatic heterocycles. The van der Waals surface area contributed by atoms with E-state index in [2.05, 4.69) is 0 Å². The first-order chi connectivity index (χ1) is 11.5. The Morgan fingerprint density at radius 2 is 1.79 bits per heavy atom. The highest BCUT2D eigenvalue weighted by atomic mass is 19.2. The largest absolute Gasteiger partial charge is 0.341 e. The van der Waals surface area contributed by atoms with E-state index in [1.54, 1.807) is 11.8 Å². The lowest BCUT2D eigenvalue weighted by atomic mass is 9.99. The Balaban J connectivity index is 2.07. The fraction of sp³-hybridized carbons (Fsp3) is 0.316. The fourth-order valence-corrected chi connectivity index (χ4v) is 2.59. The minimum Gasteiger partial charge on any atom is -0.341 e. The van der Waals surface area contributed by atoms with Crippen LogP contribution >= 0.6 is 0 Å². The Bertz CT molecular complexity index is 676. The summed E-state index contributed by atoms with van der Waals surface area (Å²) in [6.07, 6.45) is 0.719. The average molecular weight is 332 g/mol. The Kier molecular flexibility index (Phi) is 6.44. The Labute approximate surface area is 141 Å². The summed E-state index contributed by atoms with van der Waals surface area (Å²) in [5, 5.41) is 0. The van der Waals surface area contributed by atoms with Crippen LogP contribution in [-0.4, -0.2) is 30.4 Å². The number of nitrogens with two attached hydrogens (primary N) is 1. The summed E-state index contributed by atoms with van der Waals surface area (Å²) in [6.45, 7) is 3.01. The van der Waals surface area contributed by atoms with Gasteiger partial charge in [-0.3, -0.25) is 4.79 Å². The number of hydrogen-bond donors (Lipinski definition) is 1. The molecular weight excluding hydrogens is 310 g/mol. The minimum absolute atomic E-state index is 0.137. The van der Waals surface area contributed by atoms with Crippen LogP contribution < -0.4 is 5.73 Å². The molecule has 2 aromatic carbocycles. The Morgan fingerprint density at radius 3 is 2.42 bits per heavy atom. The fourth-order valence-electron chi connectivity index (χ4n) is 2.59. The summed E-state index contributed by atoms with van der Waals surface area (Å²) in [5.41, 5.74) is 7.21. The molecule has 1 amide bonds. The van der Waals surface area contributed by atoms with Crippen LogP contribution in [0.1, 0.15) is 24.0 Å². The second-order valence-electron chi connectivity index (χ2n) is 5.74. The molecule has 0 aliphatic carbocycles. The monoisotopic (exact) mass is 332 g/mol. The molecule has 0 bridgehead atoms. The van der Waals surface area contributed by atoms with Crippen molar-refractivity contribution in [2.24, 2.45) is 5.73 Å². The van der Waals surface area contributed by atoms with Crippen LogP contribution in [0.4, 0.5) is 8.78 Å². The molecule has 0 saturated heterocycles. The van der Waals surface area contributed by atoms with Crippen molar-refractivity contribution in [1.29, 1.82) is 0 Å². The highest BCUT2D eigenvalue weighted by Gasteiger charge is 2.22. The first-order valence-electron chi connectivity index (χ1n) is 8.00. The van der Waals surface area contributed by atoms with Gasteiger partial charge in [-0.1, -0.05) is 36.4 Å². The van der Waals surface area contributed by atoms with Crippen LogP contribution in [-0.2, 0) is 11.2 Å². The molecule has 1 unspecified atom stereocenters. The maximum atomic E-state index is 13.4. The van der Waals surface area contributed by atoms with Gasteiger partial charge >= 0.3 is 0 Å². The van der Waals surface area contributed by atoms with Crippen molar-refractivity contribution in [1.82, 2.24) is 4.90 Å². The first-order valence-corrected chi connectivity index (χ1v) is 8.00. The van der Waals surface area contributed by atoms with E-state index in [4.69, 9.17) is 5.73 Å². The Hall–Kier alpha value is -2.27. The van der Waals surface area contributed by atoms with Gasteiger partial charge < -0.3 is 10.6 Å². The van der Waals surface area contributed by atoms with Gasteiger partial charge in [-0.2, -0.15) is 0 Å². The van der Waals surface area contributed by atoms with E-state index in [1.165, 1.54) is 6.07 Å². The van der Waals surface area contributed by atoms with E-state index in [0.717, 1.165) is 24.1 Å². The summed E-state index contributed by atoms with van der Waals surface area (Å²) in [7, 11) is 0. The van der Waals surface area contributed by atoms with Crippen LogP contribution in [0.25, 0.3) is 0 Å². The van der Waals surface area contributed by atoms with Gasteiger partial charge in [-0.15, -0.1) is 0 Å². The molecule has 0 spiro atoms. The molecule has 2 rings (SSSR count). The molecule has 0 heterocycles. The third kappa shape index (κ3) is 4.61. The number of hydrogen-bond acceptors (Lipinski definition) is 2. The molecule has 0 radical (unpaired) electrons. The number of carbonyl (C=O) groups is 1. The molecule has 2 N–H and O–H groups in total. The van der Waals surface area contributed by atoms with E-state index in [1.807, 2.05) is 30.3 Å². The molecular formula is C19H22F2N2O. The number of amides is 1. The topological polar surface area (TPSA) is 46.3 Å². The van der Waals surface area contributed by atoms with Gasteiger partial charge in [0.1, 0.15) is 0 Å². The summed E-state index contributed by atoms with van der Waals surface area (Å²) >= 11 is 0. The highest BCUT2D eigenvalue weighted by molar-refractivity contribution is 5.83. The first kappa shape index (κ1) is 18.1. The van der Waals surface area contributed by atoms with Crippen molar-refractivity contribution in [2.45, 2.75) is 19.3 Å². The quantitative estimate of drug-likeness (QED) is 0.847. The minimum atomic E-state index is -0.943. The van der Waals surface area contributed by atoms with E-state index in [0.29, 0.717) is 25.2 Å². The number of halogens is 2. The summed E-state index contributed by atoms with van der Waals surface area (Å²) < 4.78 is 26.5. The number of rotatable bonds is 7. The zero-order chi connectivity index (χ0) is 17.5. The van der Waals surface area contributed by atoms with Crippen LogP contribution in [0.3, 0.4) is 0 Å². The third-order valence-corrected chi connectivity index (χ3v) is 4.04. The van der Waals surface area contributed by atoms with Crippen molar-refractivity contribution in [3.8, 4) is 0 Å². The van der Waals surface area contributed by atoms with Gasteiger partial charge in [0.15, 0.2) is 11.6 Å². The molecule has 0 fully saturated rings. The smallest absolute Gasteiger partial charge is 0.229 e. The zero-order valence-electron chi connectivity index (χ0n) is 13.7. The van der Waals surface area contributed by atoms with Gasteiger partial charge in [0.25, 0.3) is 0 Å². The second-order valence-corrected chi connectivity index (χ2v) is 5.74. The van der Waals surface area contributed by atoms with E-state index >= 15 is 0 Å². The molecule has 24 heavy (non-hydrogen) atoms. The van der Waals surface area contributed by atoms with Crippen LogP contribution in [0, 0.1) is 11.6 Å². The molecule has 1 atom stereocenters. The van der Waals surface area contributed by atoms with Gasteiger partial charge in [0.2, 0.25) is 5.91 Å². The van der Waals surface area contributed by atoms with Crippen LogP contribution in [0.5, 0.6) is 0 Å². The molecule has 128 valence electrons. The summed E-state index contributed by atoms with van der Waals surface area (Å²) in [5.74, 6) is -2.55. The second kappa shape index (κ2) is 8.55. The molecule has 2 aromatic rings.